The maximum atomic E-state index is 13.5. The molecule has 2 aliphatic rings. The lowest BCUT2D eigenvalue weighted by Crippen LogP contribution is -2.34. The third-order valence-corrected chi connectivity index (χ3v) is 7.37. The molecule has 176 valence electrons. The zero-order valence-electron chi connectivity index (χ0n) is 19.3. The van der Waals surface area contributed by atoms with Crippen molar-refractivity contribution in [1.29, 1.82) is 0 Å². The van der Waals surface area contributed by atoms with Crippen molar-refractivity contribution in [1.82, 2.24) is 9.47 Å². The highest BCUT2D eigenvalue weighted by Crippen LogP contribution is 2.32. The number of para-hydroxylation sites is 1. The number of carbonyl (C=O) groups is 1. The van der Waals surface area contributed by atoms with Gasteiger partial charge in [-0.05, 0) is 55.9 Å². The minimum absolute atomic E-state index is 0.0816. The molecule has 3 aromatic rings. The number of nitrogens with one attached hydrogen (secondary N) is 1. The second kappa shape index (κ2) is 9.48. The third kappa shape index (κ3) is 4.15. The summed E-state index contributed by atoms with van der Waals surface area (Å²) >= 11 is 1.36. The minimum Gasteiger partial charge on any atom is -0.454 e. The van der Waals surface area contributed by atoms with Crippen molar-refractivity contribution in [2.45, 2.75) is 26.8 Å². The van der Waals surface area contributed by atoms with Crippen LogP contribution in [0, 0.1) is 0 Å². The van der Waals surface area contributed by atoms with Crippen molar-refractivity contribution >= 4 is 34.6 Å². The van der Waals surface area contributed by atoms with Crippen molar-refractivity contribution < 1.29 is 14.3 Å². The zero-order chi connectivity index (χ0) is 23.7. The molecule has 0 unspecified atom stereocenters. The number of thiazole rings is 1. The fourth-order valence-corrected chi connectivity index (χ4v) is 5.57. The van der Waals surface area contributed by atoms with Gasteiger partial charge in [-0.1, -0.05) is 38.1 Å². The molecule has 1 amide bonds. The van der Waals surface area contributed by atoms with Crippen LogP contribution in [0.25, 0.3) is 11.6 Å². The van der Waals surface area contributed by atoms with Crippen molar-refractivity contribution in [2.24, 2.45) is 0 Å². The Morgan fingerprint density at radius 1 is 1.09 bits per heavy atom. The lowest BCUT2D eigenvalue weighted by Gasteiger charge is -2.17. The van der Waals surface area contributed by atoms with Gasteiger partial charge >= 0.3 is 0 Å². The van der Waals surface area contributed by atoms with Crippen LogP contribution < -0.4 is 29.5 Å². The highest BCUT2D eigenvalue weighted by atomic mass is 32.1. The van der Waals surface area contributed by atoms with E-state index in [0.717, 1.165) is 42.9 Å². The Balaban J connectivity index is 1.63. The standard InChI is InChI=1S/C26H27N3O4S/c1-3-28(4-2)12-7-13-29-25(31)22(15-17-10-11-20-21(14-17)33-16-32-20)34-26(29)23-18-8-5-6-9-19(18)27-24(23)30/h5-6,8-11,14-15H,3-4,7,12-13,16H2,1-2H3,(H,27,30)/b22-15?,26-23-. The second-order valence-corrected chi connectivity index (χ2v) is 9.27. The summed E-state index contributed by atoms with van der Waals surface area (Å²) in [6.07, 6.45) is 2.68. The summed E-state index contributed by atoms with van der Waals surface area (Å²) in [5, 5.41) is 2.94. The molecule has 2 aliphatic heterocycles. The van der Waals surface area contributed by atoms with E-state index in [2.05, 4.69) is 24.1 Å². The number of benzene rings is 2. The van der Waals surface area contributed by atoms with Gasteiger partial charge in [0.2, 0.25) is 6.79 Å². The summed E-state index contributed by atoms with van der Waals surface area (Å²) in [5.74, 6) is 1.20. The van der Waals surface area contributed by atoms with Crippen LogP contribution in [0.4, 0.5) is 5.69 Å². The largest absolute Gasteiger partial charge is 0.454 e. The van der Waals surface area contributed by atoms with Gasteiger partial charge in [-0.2, -0.15) is 0 Å². The molecule has 3 heterocycles. The Bertz CT molecular complexity index is 1420. The van der Waals surface area contributed by atoms with Gasteiger partial charge in [0.15, 0.2) is 11.5 Å². The second-order valence-electron chi connectivity index (χ2n) is 8.24. The molecule has 0 fully saturated rings. The summed E-state index contributed by atoms with van der Waals surface area (Å²) in [4.78, 5) is 28.8. The number of fused-ring (bicyclic) bond motifs is 2. The molecule has 34 heavy (non-hydrogen) atoms. The molecule has 1 aromatic heterocycles. The first kappa shape index (κ1) is 22.4. The van der Waals surface area contributed by atoms with Crippen LogP contribution in [0.5, 0.6) is 11.5 Å². The van der Waals surface area contributed by atoms with Gasteiger partial charge in [0, 0.05) is 17.8 Å². The molecule has 0 atom stereocenters. The predicted octanol–water partition coefficient (Wildman–Crippen LogP) is 2.35. The van der Waals surface area contributed by atoms with Crippen LogP contribution in [-0.2, 0) is 11.3 Å². The van der Waals surface area contributed by atoms with E-state index in [-0.39, 0.29) is 18.3 Å². The first-order chi connectivity index (χ1) is 16.6. The van der Waals surface area contributed by atoms with E-state index in [1.54, 1.807) is 4.57 Å². The monoisotopic (exact) mass is 477 g/mol. The van der Waals surface area contributed by atoms with Gasteiger partial charge in [0.05, 0.1) is 10.1 Å². The molecular weight excluding hydrogens is 450 g/mol. The SMILES string of the molecule is CCN(CC)CCCn1c(=O)c(=Cc2ccc3c(c2)OCO3)s/c1=C1\C(=O)Nc2ccccc21. The number of rotatable bonds is 7. The summed E-state index contributed by atoms with van der Waals surface area (Å²) in [6, 6.07) is 13.2. The first-order valence-electron chi connectivity index (χ1n) is 11.6. The van der Waals surface area contributed by atoms with Gasteiger partial charge in [0.25, 0.3) is 11.5 Å². The molecule has 0 saturated heterocycles. The van der Waals surface area contributed by atoms with E-state index in [9.17, 15) is 9.59 Å². The highest BCUT2D eigenvalue weighted by Gasteiger charge is 2.26. The Morgan fingerprint density at radius 2 is 1.88 bits per heavy atom. The molecule has 5 rings (SSSR count). The molecule has 2 aromatic carbocycles. The van der Waals surface area contributed by atoms with Crippen LogP contribution in [0.1, 0.15) is 31.4 Å². The first-order valence-corrected chi connectivity index (χ1v) is 12.4. The van der Waals surface area contributed by atoms with Crippen LogP contribution in [0.15, 0.2) is 47.3 Å². The van der Waals surface area contributed by atoms with Gasteiger partial charge in [0.1, 0.15) is 4.66 Å². The van der Waals surface area contributed by atoms with Gasteiger partial charge in [-0.3, -0.25) is 14.2 Å². The lowest BCUT2D eigenvalue weighted by molar-refractivity contribution is -0.110. The zero-order valence-corrected chi connectivity index (χ0v) is 20.1. The van der Waals surface area contributed by atoms with Gasteiger partial charge in [-0.25, -0.2) is 0 Å². The van der Waals surface area contributed by atoms with Crippen molar-refractivity contribution in [3.05, 3.63) is 73.1 Å². The van der Waals surface area contributed by atoms with E-state index in [1.807, 2.05) is 48.5 Å². The average Bonchev–Trinajstić information content (AvgIpc) is 3.52. The van der Waals surface area contributed by atoms with Crippen molar-refractivity contribution in [3.8, 4) is 11.5 Å². The molecule has 0 radical (unpaired) electrons. The van der Waals surface area contributed by atoms with Crippen LogP contribution in [-0.4, -0.2) is 41.8 Å². The van der Waals surface area contributed by atoms with E-state index >= 15 is 0 Å². The number of hydrogen-bond donors (Lipinski definition) is 1. The number of carbonyl (C=O) groups excluding carboxylic acids is 1. The lowest BCUT2D eigenvalue weighted by atomic mass is 10.1. The Kier molecular flexibility index (Phi) is 6.26. The minimum atomic E-state index is -0.172. The van der Waals surface area contributed by atoms with E-state index in [4.69, 9.17) is 9.47 Å². The number of nitrogens with zero attached hydrogens (tertiary/aromatic N) is 2. The fraction of sp³-hybridized carbons (Fsp3) is 0.308. The molecule has 1 N–H and O–H groups in total. The molecule has 0 bridgehead atoms. The number of amides is 1. The number of anilines is 1. The maximum absolute atomic E-state index is 13.5. The van der Waals surface area contributed by atoms with Gasteiger partial charge in [-0.15, -0.1) is 11.3 Å². The molecule has 8 heteroatoms. The van der Waals surface area contributed by atoms with Gasteiger partial charge < -0.3 is 19.7 Å². The number of hydrogen-bond acceptors (Lipinski definition) is 6. The quantitative estimate of drug-likeness (QED) is 0.566. The Labute approximate surface area is 201 Å². The Hall–Kier alpha value is -3.36. The summed E-state index contributed by atoms with van der Waals surface area (Å²) < 4.78 is 13.9. The molecule has 0 aliphatic carbocycles. The van der Waals surface area contributed by atoms with E-state index in [0.29, 0.717) is 32.8 Å². The van der Waals surface area contributed by atoms with E-state index in [1.165, 1.54) is 11.3 Å². The molecule has 0 spiro atoms. The van der Waals surface area contributed by atoms with Crippen molar-refractivity contribution in [2.75, 3.05) is 31.7 Å². The number of ether oxygens (including phenoxy) is 2. The highest BCUT2D eigenvalue weighted by molar-refractivity contribution is 7.07. The fourth-order valence-electron chi connectivity index (χ4n) is 4.38. The predicted molar refractivity (Wildman–Crippen MR) is 134 cm³/mol. The van der Waals surface area contributed by atoms with Crippen LogP contribution in [0.2, 0.25) is 0 Å². The molecule has 0 saturated carbocycles. The van der Waals surface area contributed by atoms with Crippen molar-refractivity contribution in [3.63, 3.8) is 0 Å². The van der Waals surface area contributed by atoms with E-state index < -0.39 is 0 Å². The number of aromatic nitrogens is 1. The normalized spacial score (nSPS) is 16.3. The van der Waals surface area contributed by atoms with Crippen LogP contribution >= 0.6 is 11.3 Å². The topological polar surface area (TPSA) is 72.8 Å². The maximum Gasteiger partial charge on any atom is 0.269 e. The summed E-state index contributed by atoms with van der Waals surface area (Å²) in [6.45, 7) is 7.87. The molecule has 7 nitrogen and oxygen atoms in total. The summed E-state index contributed by atoms with van der Waals surface area (Å²) in [5.41, 5.74) is 2.94. The Morgan fingerprint density at radius 3 is 2.71 bits per heavy atom. The summed E-state index contributed by atoms with van der Waals surface area (Å²) in [7, 11) is 0. The average molecular weight is 478 g/mol. The molecular formula is C26H27N3O4S. The van der Waals surface area contributed by atoms with Crippen LogP contribution in [0.3, 0.4) is 0 Å². The third-order valence-electron chi connectivity index (χ3n) is 6.24. The smallest absolute Gasteiger partial charge is 0.269 e.